The molecule has 0 aromatic carbocycles. The van der Waals surface area contributed by atoms with Crippen LogP contribution in [0.2, 0.25) is 0 Å². The highest BCUT2D eigenvalue weighted by molar-refractivity contribution is 5.88. The van der Waals surface area contributed by atoms with Gasteiger partial charge in [-0.15, -0.1) is 0 Å². The quantitative estimate of drug-likeness (QED) is 0.0159. The Morgan fingerprint density at radius 3 is 1.62 bits per heavy atom. The number of ether oxygens (including phenoxy) is 1. The fourth-order valence-corrected chi connectivity index (χ4v) is 14.2. The largest absolute Gasteiger partial charge is 0.449 e. The fraction of sp³-hybridized carbons (Fsp3) is 0.877. The fourth-order valence-electron chi connectivity index (χ4n) is 14.2. The van der Waals surface area contributed by atoms with E-state index in [2.05, 4.69) is 95.2 Å². The highest BCUT2D eigenvalue weighted by Gasteiger charge is 2.44. The molecule has 5 amide bonds. The molecule has 0 bridgehead atoms. The first kappa shape index (κ1) is 70.5. The third kappa shape index (κ3) is 28.0. The molecular weight excluding hydrogens is 1000 g/mol. The van der Waals surface area contributed by atoms with Gasteiger partial charge in [0.25, 0.3) is 5.56 Å². The van der Waals surface area contributed by atoms with Crippen molar-refractivity contribution in [1.82, 2.24) is 30.9 Å². The Morgan fingerprint density at radius 1 is 0.613 bits per heavy atom. The first-order valence-electron chi connectivity index (χ1n) is 32.7. The number of unbranched alkanes of at least 4 members (excludes halogenated alkanes) is 16. The average molecular weight is 1120 g/mol. The molecule has 1 heterocycles. The van der Waals surface area contributed by atoms with Crippen LogP contribution in [0.5, 0.6) is 0 Å². The van der Waals surface area contributed by atoms with E-state index < -0.39 is 23.1 Å². The number of hydrazine groups is 2. The van der Waals surface area contributed by atoms with Gasteiger partial charge in [0.15, 0.2) is 0 Å². The Kier molecular flexibility index (Phi) is 32.4. The maximum Gasteiger partial charge on any atom is 0.407 e. The van der Waals surface area contributed by atoms with E-state index >= 15 is 0 Å². The lowest BCUT2D eigenvalue weighted by molar-refractivity contribution is -0.124. The van der Waals surface area contributed by atoms with Crippen molar-refractivity contribution < 1.29 is 23.9 Å². The van der Waals surface area contributed by atoms with Crippen molar-refractivity contribution in [3.05, 3.63) is 21.6 Å². The van der Waals surface area contributed by atoms with E-state index in [1.807, 2.05) is 0 Å². The van der Waals surface area contributed by atoms with Gasteiger partial charge in [0.1, 0.15) is 0 Å². The van der Waals surface area contributed by atoms with Crippen molar-refractivity contribution in [3.63, 3.8) is 0 Å². The van der Waals surface area contributed by atoms with Crippen LogP contribution < -0.4 is 38.2 Å². The summed E-state index contributed by atoms with van der Waals surface area (Å²) in [6.07, 6.45) is 36.6. The first-order chi connectivity index (χ1) is 37.9. The van der Waals surface area contributed by atoms with Crippen LogP contribution in [-0.2, 0) is 20.7 Å². The van der Waals surface area contributed by atoms with Crippen LogP contribution >= 0.6 is 0 Å². The minimum Gasteiger partial charge on any atom is -0.449 e. The minimum absolute atomic E-state index is 0.00748. The molecule has 0 saturated heterocycles. The predicted octanol–water partition coefficient (Wildman–Crippen LogP) is 15.0. The standard InChI is InChI=1S/C65H121N9O6/c1-12-16-20-24-26-30-34-51(33-28-22-18-14-3)39-40-57(76)70-53-41-62(6,7)46-64(10,43-53)48-68-56(75)38-32-37-55-50(5)69-59(72-58(55)77)74(67)61(79)73(66)49-65(11)44-54(42-63(8,9)47-65)71-60(78)80-45-52(35-29-23-19-15-4)36-31-27-25-21-17-13-2/h51-54H,12-49,66-67H2,1-11H3,(H,68,75)(H,70,76)(H,71,78)(H,69,72,77). The highest BCUT2D eigenvalue weighted by atomic mass is 16.5. The average Bonchev–Trinajstić information content (AvgIpc) is 3.51. The number of alkyl carbamates (subject to hydrolysis) is 1. The van der Waals surface area contributed by atoms with Gasteiger partial charge in [-0.2, -0.15) is 9.99 Å². The monoisotopic (exact) mass is 1120 g/mol. The van der Waals surface area contributed by atoms with Gasteiger partial charge in [0.2, 0.25) is 17.8 Å². The molecule has 2 aliphatic rings. The maximum atomic E-state index is 13.8. The maximum absolute atomic E-state index is 13.8. The van der Waals surface area contributed by atoms with E-state index in [0.29, 0.717) is 61.9 Å². The second kappa shape index (κ2) is 36.8. The van der Waals surface area contributed by atoms with Crippen LogP contribution in [0.4, 0.5) is 15.5 Å². The molecule has 1 aromatic rings. The third-order valence-electron chi connectivity index (χ3n) is 17.7. The number of anilines is 1. The van der Waals surface area contributed by atoms with Crippen LogP contribution in [0.1, 0.15) is 299 Å². The molecule has 6 atom stereocenters. The van der Waals surface area contributed by atoms with Crippen LogP contribution in [0.3, 0.4) is 0 Å². The number of carbonyl (C=O) groups excluding carboxylic acids is 4. The Labute approximate surface area is 487 Å². The number of nitrogens with two attached hydrogens (primary N) is 2. The van der Waals surface area contributed by atoms with Crippen LogP contribution in [0.25, 0.3) is 0 Å². The van der Waals surface area contributed by atoms with Crippen LogP contribution in [0, 0.1) is 40.4 Å². The van der Waals surface area contributed by atoms with Crippen LogP contribution in [0.15, 0.2) is 4.79 Å². The predicted molar refractivity (Wildman–Crippen MR) is 330 cm³/mol. The third-order valence-corrected chi connectivity index (χ3v) is 17.7. The summed E-state index contributed by atoms with van der Waals surface area (Å²) in [6, 6.07) is -0.852. The van der Waals surface area contributed by atoms with E-state index in [-0.39, 0.29) is 59.1 Å². The lowest BCUT2D eigenvalue weighted by Gasteiger charge is -2.47. The zero-order chi connectivity index (χ0) is 59.2. The molecule has 0 aliphatic heterocycles. The summed E-state index contributed by atoms with van der Waals surface area (Å²) in [4.78, 5) is 74.6. The molecule has 1 aromatic heterocycles. The molecule has 8 N–H and O–H groups in total. The van der Waals surface area contributed by atoms with Gasteiger partial charge in [-0.05, 0) is 111 Å². The molecule has 462 valence electrons. The van der Waals surface area contributed by atoms with Crippen molar-refractivity contribution in [3.8, 4) is 0 Å². The summed E-state index contributed by atoms with van der Waals surface area (Å²) in [5.41, 5.74) is -0.401. The van der Waals surface area contributed by atoms with Gasteiger partial charge in [0.05, 0.1) is 6.61 Å². The smallest absolute Gasteiger partial charge is 0.407 e. The van der Waals surface area contributed by atoms with E-state index in [9.17, 15) is 24.0 Å². The number of hydrogen-bond acceptors (Lipinski definition) is 9. The number of H-pyrrole nitrogens is 1. The number of hydrogen-bond donors (Lipinski definition) is 6. The van der Waals surface area contributed by atoms with Gasteiger partial charge in [-0.25, -0.2) is 21.3 Å². The molecule has 2 fully saturated rings. The lowest BCUT2D eigenvalue weighted by Crippen LogP contribution is -2.57. The summed E-state index contributed by atoms with van der Waals surface area (Å²) in [5, 5.41) is 11.6. The number of nitrogens with one attached hydrogen (secondary N) is 4. The molecule has 2 saturated carbocycles. The Hall–Kier alpha value is -3.72. The highest BCUT2D eigenvalue weighted by Crippen LogP contribution is 2.47. The molecule has 3 rings (SSSR count). The van der Waals surface area contributed by atoms with Gasteiger partial charge in [0, 0.05) is 49.3 Å². The number of carbonyl (C=O) groups is 4. The van der Waals surface area contributed by atoms with Crippen molar-refractivity contribution in [2.24, 2.45) is 45.2 Å². The molecule has 0 radical (unpaired) electrons. The number of aromatic amines is 1. The molecule has 80 heavy (non-hydrogen) atoms. The Balaban J connectivity index is 1.50. The molecular formula is C65H121N9O6. The van der Waals surface area contributed by atoms with E-state index in [4.69, 9.17) is 16.4 Å². The summed E-state index contributed by atoms with van der Waals surface area (Å²) < 4.78 is 5.91. The normalized spacial score (nSPS) is 21.3. The first-order valence-corrected chi connectivity index (χ1v) is 32.7. The lowest BCUT2D eigenvalue weighted by atomic mass is 9.62. The molecule has 0 spiro atoms. The Morgan fingerprint density at radius 2 is 1.09 bits per heavy atom. The number of urea groups is 1. The zero-order valence-corrected chi connectivity index (χ0v) is 53.1. The summed E-state index contributed by atoms with van der Waals surface area (Å²) >= 11 is 0. The molecule has 2 aliphatic carbocycles. The van der Waals surface area contributed by atoms with Gasteiger partial charge in [-0.1, -0.05) is 210 Å². The number of rotatable bonds is 40. The second-order valence-corrected chi connectivity index (χ2v) is 27.8. The SMILES string of the molecule is CCCCCCCCC(CCCCCC)CCC(=O)NC1CC(C)(C)CC(C)(CNC(=O)CCCc2c(C)[nH]c(N(N)C(=O)N(N)CC3(C)CC(NC(=O)OCC(CCCCCC)CCCCCCCC)CC(C)(C)C3)nc2=O)C1. The zero-order valence-electron chi connectivity index (χ0n) is 53.1. The molecule has 6 unspecified atom stereocenters. The number of aryl methyl sites for hydroxylation is 1. The van der Waals surface area contributed by atoms with Crippen molar-refractivity contribution >= 4 is 29.9 Å². The topological polar surface area (TPSA) is 218 Å². The van der Waals surface area contributed by atoms with Crippen LogP contribution in [-0.4, -0.2) is 70.7 Å². The van der Waals surface area contributed by atoms with Gasteiger partial charge < -0.3 is 25.7 Å². The van der Waals surface area contributed by atoms with Gasteiger partial charge >= 0.3 is 12.1 Å². The van der Waals surface area contributed by atoms with Crippen molar-refractivity contribution in [2.45, 2.75) is 313 Å². The van der Waals surface area contributed by atoms with Crippen molar-refractivity contribution in [1.29, 1.82) is 0 Å². The summed E-state index contributed by atoms with van der Waals surface area (Å²) in [6.45, 7) is 25.0. The summed E-state index contributed by atoms with van der Waals surface area (Å²) in [7, 11) is 0. The molecule has 15 nitrogen and oxygen atoms in total. The summed E-state index contributed by atoms with van der Waals surface area (Å²) in [5.74, 6) is 13.7. The van der Waals surface area contributed by atoms with Gasteiger partial charge in [-0.3, -0.25) is 19.4 Å². The van der Waals surface area contributed by atoms with E-state index in [0.717, 1.165) is 67.8 Å². The number of nitrogens with zero attached hydrogens (tertiary/aromatic N) is 3. The van der Waals surface area contributed by atoms with E-state index in [1.54, 1.807) is 6.92 Å². The minimum atomic E-state index is -0.736. The Bertz CT molecular complexity index is 2010. The molecule has 15 heteroatoms. The number of aromatic nitrogens is 2. The number of amides is 5. The van der Waals surface area contributed by atoms with E-state index in [1.165, 1.54) is 135 Å². The van der Waals surface area contributed by atoms with Crippen molar-refractivity contribution in [2.75, 3.05) is 24.7 Å². The second-order valence-electron chi connectivity index (χ2n) is 27.8.